The summed E-state index contributed by atoms with van der Waals surface area (Å²) in [5.74, 6) is 0.0322. The fourth-order valence-corrected chi connectivity index (χ4v) is 1.91. The number of nitrogens with two attached hydrogens (primary N) is 1. The smallest absolute Gasteiger partial charge is 0.294 e. The van der Waals surface area contributed by atoms with E-state index in [0.717, 1.165) is 12.8 Å². The minimum absolute atomic E-state index is 0.0322. The fraction of sp³-hybridized carbons (Fsp3) is 0.846. The Labute approximate surface area is 124 Å². The maximum atomic E-state index is 11.7. The second kappa shape index (κ2) is 13.3. The Morgan fingerprint density at radius 3 is 2.62 bits per heavy atom. The van der Waals surface area contributed by atoms with E-state index < -0.39 is 5.09 Å². The number of nitrogens with zero attached hydrogens (tertiary/aromatic N) is 1. The molecule has 2 N–H and O–H groups in total. The average Bonchev–Trinajstić information content (AvgIpc) is 2.42. The number of Topliss-reactive ketones (excluding diaryl/α,β-unsaturated/α-hetero) is 1. The number of carbonyl (C=O) groups excluding carboxylic acids is 2. The molecular formula is C13H24N2O6. The third-order valence-electron chi connectivity index (χ3n) is 2.98. The molecule has 0 aromatic rings. The van der Waals surface area contributed by atoms with E-state index in [1.165, 1.54) is 0 Å². The van der Waals surface area contributed by atoms with E-state index in [0.29, 0.717) is 45.1 Å². The van der Waals surface area contributed by atoms with Crippen LogP contribution in [0.3, 0.4) is 0 Å². The van der Waals surface area contributed by atoms with Gasteiger partial charge in [0.1, 0.15) is 11.9 Å². The molecule has 0 aromatic carbocycles. The molecule has 0 fully saturated rings. The molecular weight excluding hydrogens is 280 g/mol. The summed E-state index contributed by atoms with van der Waals surface area (Å²) in [5.41, 5.74) is 5.38. The predicted octanol–water partition coefficient (Wildman–Crippen LogP) is 1.38. The lowest BCUT2D eigenvalue weighted by atomic mass is 10.0. The number of unbranched alkanes of at least 4 members (excludes halogenated alkanes) is 3. The lowest BCUT2D eigenvalue weighted by Gasteiger charge is -2.14. The molecule has 0 radical (unpaired) electrons. The Balaban J connectivity index is 3.71. The molecule has 1 unspecified atom stereocenters. The van der Waals surface area contributed by atoms with Crippen LogP contribution in [-0.2, 0) is 19.2 Å². The Kier molecular flexibility index (Phi) is 12.2. The van der Waals surface area contributed by atoms with Crippen molar-refractivity contribution in [2.75, 3.05) is 13.2 Å². The van der Waals surface area contributed by atoms with Gasteiger partial charge in [-0.1, -0.05) is 6.42 Å². The highest BCUT2D eigenvalue weighted by atomic mass is 16.9. The van der Waals surface area contributed by atoms with Gasteiger partial charge >= 0.3 is 0 Å². The maximum absolute atomic E-state index is 11.7. The van der Waals surface area contributed by atoms with Gasteiger partial charge in [-0.25, -0.2) is 0 Å². The van der Waals surface area contributed by atoms with Crippen molar-refractivity contribution in [2.24, 2.45) is 5.73 Å². The summed E-state index contributed by atoms with van der Waals surface area (Å²) in [6.45, 7) is 1.00. The molecule has 0 heterocycles. The Hall–Kier alpha value is -1.70. The monoisotopic (exact) mass is 304 g/mol. The van der Waals surface area contributed by atoms with Gasteiger partial charge in [-0.05, 0) is 38.6 Å². The molecule has 0 spiro atoms. The van der Waals surface area contributed by atoms with E-state index >= 15 is 0 Å². The van der Waals surface area contributed by atoms with Crippen molar-refractivity contribution in [1.29, 1.82) is 0 Å². The van der Waals surface area contributed by atoms with Crippen LogP contribution in [0.1, 0.15) is 51.4 Å². The molecule has 21 heavy (non-hydrogen) atoms. The van der Waals surface area contributed by atoms with Gasteiger partial charge in [0.15, 0.2) is 0 Å². The van der Waals surface area contributed by atoms with Crippen LogP contribution in [0.15, 0.2) is 0 Å². The van der Waals surface area contributed by atoms with E-state index in [4.69, 9.17) is 10.5 Å². The number of ketones is 1. The molecule has 0 saturated carbocycles. The minimum Gasteiger partial charge on any atom is -0.464 e. The van der Waals surface area contributed by atoms with Gasteiger partial charge in [-0.2, -0.15) is 0 Å². The van der Waals surface area contributed by atoms with E-state index in [1.807, 2.05) is 0 Å². The Morgan fingerprint density at radius 2 is 2.00 bits per heavy atom. The van der Waals surface area contributed by atoms with Gasteiger partial charge < -0.3 is 15.3 Å². The zero-order chi connectivity index (χ0) is 15.9. The van der Waals surface area contributed by atoms with Crippen LogP contribution >= 0.6 is 0 Å². The second-order valence-corrected chi connectivity index (χ2v) is 4.75. The summed E-state index contributed by atoms with van der Waals surface area (Å²) in [4.78, 5) is 36.2. The normalized spacial score (nSPS) is 11.7. The SMILES string of the molecule is NCCCCC(CC(=O)CCCCCO[N+](=O)[O-])OC=O. The molecule has 0 aliphatic rings. The standard InChI is InChI=1S/C13H24N2O6/c14-8-4-3-7-13(20-11-16)10-12(17)6-2-1-5-9-21-15(18)19/h11,13H,1-10,14H2. The van der Waals surface area contributed by atoms with Crippen molar-refractivity contribution in [2.45, 2.75) is 57.5 Å². The van der Waals surface area contributed by atoms with Crippen molar-refractivity contribution < 1.29 is 24.3 Å². The Morgan fingerprint density at radius 1 is 1.24 bits per heavy atom. The quantitative estimate of drug-likeness (QED) is 0.210. The van der Waals surface area contributed by atoms with Gasteiger partial charge in [-0.3, -0.25) is 9.59 Å². The van der Waals surface area contributed by atoms with E-state index in [9.17, 15) is 19.7 Å². The van der Waals surface area contributed by atoms with Crippen molar-refractivity contribution in [3.63, 3.8) is 0 Å². The fourth-order valence-electron chi connectivity index (χ4n) is 1.91. The third-order valence-corrected chi connectivity index (χ3v) is 2.98. The van der Waals surface area contributed by atoms with Crippen molar-refractivity contribution >= 4 is 12.3 Å². The number of carbonyl (C=O) groups is 2. The molecule has 8 nitrogen and oxygen atoms in total. The second-order valence-electron chi connectivity index (χ2n) is 4.75. The maximum Gasteiger partial charge on any atom is 0.294 e. The van der Waals surface area contributed by atoms with Crippen LogP contribution in [0.4, 0.5) is 0 Å². The first-order valence-corrected chi connectivity index (χ1v) is 7.18. The van der Waals surface area contributed by atoms with E-state index in [1.54, 1.807) is 0 Å². The molecule has 0 amide bonds. The summed E-state index contributed by atoms with van der Waals surface area (Å²) in [5, 5.41) is 9.08. The largest absolute Gasteiger partial charge is 0.464 e. The lowest BCUT2D eigenvalue weighted by Crippen LogP contribution is -2.18. The lowest BCUT2D eigenvalue weighted by molar-refractivity contribution is -0.757. The van der Waals surface area contributed by atoms with Crippen LogP contribution in [0.2, 0.25) is 0 Å². The molecule has 1 atom stereocenters. The average molecular weight is 304 g/mol. The van der Waals surface area contributed by atoms with Crippen molar-refractivity contribution in [1.82, 2.24) is 0 Å². The summed E-state index contributed by atoms with van der Waals surface area (Å²) in [6.07, 6.45) is 4.39. The van der Waals surface area contributed by atoms with Crippen LogP contribution in [-0.4, -0.2) is 36.6 Å². The molecule has 0 aromatic heterocycles. The van der Waals surface area contributed by atoms with Crippen molar-refractivity contribution in [3.8, 4) is 0 Å². The van der Waals surface area contributed by atoms with Crippen LogP contribution in [0.25, 0.3) is 0 Å². The minimum atomic E-state index is -0.826. The topological polar surface area (TPSA) is 122 Å². The Bertz CT molecular complexity index is 311. The van der Waals surface area contributed by atoms with Gasteiger partial charge in [0.25, 0.3) is 11.6 Å². The molecule has 0 rings (SSSR count). The van der Waals surface area contributed by atoms with Crippen LogP contribution in [0.5, 0.6) is 0 Å². The van der Waals surface area contributed by atoms with Crippen LogP contribution in [0, 0.1) is 10.1 Å². The van der Waals surface area contributed by atoms with Crippen LogP contribution < -0.4 is 5.73 Å². The number of hydrogen-bond donors (Lipinski definition) is 1. The first-order chi connectivity index (χ1) is 10.1. The number of rotatable bonds is 15. The predicted molar refractivity (Wildman–Crippen MR) is 74.9 cm³/mol. The van der Waals surface area contributed by atoms with Crippen molar-refractivity contribution in [3.05, 3.63) is 10.1 Å². The molecule has 122 valence electrons. The molecule has 0 bridgehead atoms. The number of hydrogen-bond acceptors (Lipinski definition) is 7. The molecule has 0 aliphatic heterocycles. The van der Waals surface area contributed by atoms with Gasteiger partial charge in [0, 0.05) is 12.8 Å². The summed E-state index contributed by atoms with van der Waals surface area (Å²) in [7, 11) is 0. The zero-order valence-electron chi connectivity index (χ0n) is 12.2. The molecule has 0 aliphatic carbocycles. The first kappa shape index (κ1) is 19.3. The van der Waals surface area contributed by atoms with Gasteiger partial charge in [0.2, 0.25) is 0 Å². The summed E-state index contributed by atoms with van der Waals surface area (Å²) >= 11 is 0. The summed E-state index contributed by atoms with van der Waals surface area (Å²) in [6, 6.07) is 0. The highest BCUT2D eigenvalue weighted by molar-refractivity contribution is 5.78. The molecule has 0 saturated heterocycles. The third kappa shape index (κ3) is 13.1. The van der Waals surface area contributed by atoms with E-state index in [-0.39, 0.29) is 24.9 Å². The van der Waals surface area contributed by atoms with E-state index in [2.05, 4.69) is 4.84 Å². The zero-order valence-corrected chi connectivity index (χ0v) is 12.2. The van der Waals surface area contributed by atoms with Gasteiger partial charge in [0.05, 0.1) is 6.61 Å². The number of ether oxygens (including phenoxy) is 1. The first-order valence-electron chi connectivity index (χ1n) is 7.18. The molecule has 8 heteroatoms. The van der Waals surface area contributed by atoms with Gasteiger partial charge in [-0.15, -0.1) is 10.1 Å². The highest BCUT2D eigenvalue weighted by Gasteiger charge is 2.14. The highest BCUT2D eigenvalue weighted by Crippen LogP contribution is 2.11. The summed E-state index contributed by atoms with van der Waals surface area (Å²) < 4.78 is 4.89.